The lowest BCUT2D eigenvalue weighted by molar-refractivity contribution is -0.132. The Labute approximate surface area is 104 Å². The van der Waals surface area contributed by atoms with E-state index in [4.69, 9.17) is 4.74 Å². The molecule has 0 aliphatic heterocycles. The Morgan fingerprint density at radius 2 is 1.94 bits per heavy atom. The van der Waals surface area contributed by atoms with Crippen molar-refractivity contribution in [2.75, 3.05) is 0 Å². The van der Waals surface area contributed by atoms with E-state index in [0.29, 0.717) is 6.54 Å². The number of aromatic hydroxyl groups is 2. The van der Waals surface area contributed by atoms with Crippen LogP contribution in [-0.2, 0) is 11.3 Å². The lowest BCUT2D eigenvalue weighted by Gasteiger charge is -2.06. The van der Waals surface area contributed by atoms with Crippen molar-refractivity contribution in [1.29, 1.82) is 0 Å². The summed E-state index contributed by atoms with van der Waals surface area (Å²) in [5.74, 6) is -1.03. The molecule has 2 rings (SSSR count). The van der Waals surface area contributed by atoms with E-state index < -0.39 is 5.97 Å². The Morgan fingerprint density at radius 3 is 2.56 bits per heavy atom. The average Bonchev–Trinajstić information content (AvgIpc) is 2.58. The zero-order valence-corrected chi connectivity index (χ0v) is 9.83. The molecule has 0 amide bonds. The summed E-state index contributed by atoms with van der Waals surface area (Å²) in [7, 11) is 0. The number of ether oxygens (including phenoxy) is 1. The molecule has 5 heteroatoms. The molecule has 0 aliphatic carbocycles. The van der Waals surface area contributed by atoms with Crippen molar-refractivity contribution in [1.82, 2.24) is 4.57 Å². The number of benzene rings is 1. The van der Waals surface area contributed by atoms with Crippen LogP contribution in [0.5, 0.6) is 17.5 Å². The van der Waals surface area contributed by atoms with Gasteiger partial charge in [-0.15, -0.1) is 0 Å². The first-order valence-electron chi connectivity index (χ1n) is 5.41. The van der Waals surface area contributed by atoms with Gasteiger partial charge in [0.1, 0.15) is 0 Å². The van der Waals surface area contributed by atoms with Crippen LogP contribution >= 0.6 is 0 Å². The second-order valence-corrected chi connectivity index (χ2v) is 3.86. The highest BCUT2D eigenvalue weighted by atomic mass is 16.5. The normalized spacial score (nSPS) is 10.3. The van der Waals surface area contributed by atoms with Gasteiger partial charge in [0.05, 0.1) is 6.54 Å². The molecule has 0 radical (unpaired) electrons. The van der Waals surface area contributed by atoms with E-state index in [-0.39, 0.29) is 17.5 Å². The first-order chi connectivity index (χ1) is 8.58. The van der Waals surface area contributed by atoms with Gasteiger partial charge in [0.25, 0.3) is 0 Å². The summed E-state index contributed by atoms with van der Waals surface area (Å²) < 4.78 is 6.03. The lowest BCUT2D eigenvalue weighted by Crippen LogP contribution is -2.02. The van der Waals surface area contributed by atoms with Crippen LogP contribution in [0.1, 0.15) is 12.5 Å². The molecular weight excluding hydrogens is 234 g/mol. The van der Waals surface area contributed by atoms with E-state index in [0.717, 1.165) is 5.56 Å². The summed E-state index contributed by atoms with van der Waals surface area (Å²) in [6.07, 6.45) is 0. The smallest absolute Gasteiger partial charge is 0.308 e. The number of carbonyl (C=O) groups excluding carboxylic acids is 1. The number of esters is 1. The van der Waals surface area contributed by atoms with Crippen LogP contribution in [-0.4, -0.2) is 20.7 Å². The van der Waals surface area contributed by atoms with E-state index in [1.54, 1.807) is 0 Å². The van der Waals surface area contributed by atoms with Crippen molar-refractivity contribution in [2.24, 2.45) is 0 Å². The summed E-state index contributed by atoms with van der Waals surface area (Å²) in [6, 6.07) is 10.5. The first-order valence-corrected chi connectivity index (χ1v) is 5.41. The highest BCUT2D eigenvalue weighted by molar-refractivity contribution is 5.70. The third-order valence-corrected chi connectivity index (χ3v) is 2.45. The molecule has 2 N–H and O–H groups in total. The zero-order valence-electron chi connectivity index (χ0n) is 9.83. The molecule has 0 spiro atoms. The van der Waals surface area contributed by atoms with E-state index in [9.17, 15) is 15.0 Å². The molecule has 0 bridgehead atoms. The van der Waals surface area contributed by atoms with Crippen LogP contribution in [0.25, 0.3) is 0 Å². The topological polar surface area (TPSA) is 71.7 Å². The van der Waals surface area contributed by atoms with Crippen LogP contribution < -0.4 is 4.74 Å². The van der Waals surface area contributed by atoms with Crippen molar-refractivity contribution in [3.05, 3.63) is 42.0 Å². The summed E-state index contributed by atoms with van der Waals surface area (Å²) in [5, 5.41) is 19.5. The number of carbonyl (C=O) groups is 1. The third-order valence-electron chi connectivity index (χ3n) is 2.45. The van der Waals surface area contributed by atoms with Gasteiger partial charge in [-0.3, -0.25) is 9.36 Å². The van der Waals surface area contributed by atoms with Gasteiger partial charge in [-0.2, -0.15) is 0 Å². The second-order valence-electron chi connectivity index (χ2n) is 3.86. The van der Waals surface area contributed by atoms with Gasteiger partial charge in [-0.05, 0) is 5.56 Å². The van der Waals surface area contributed by atoms with Gasteiger partial charge < -0.3 is 14.9 Å². The summed E-state index contributed by atoms with van der Waals surface area (Å²) in [5.41, 5.74) is 0.910. The van der Waals surface area contributed by atoms with Gasteiger partial charge in [-0.1, -0.05) is 30.3 Å². The first kappa shape index (κ1) is 12.0. The maximum atomic E-state index is 10.8. The monoisotopic (exact) mass is 247 g/mol. The molecule has 0 saturated heterocycles. The average molecular weight is 247 g/mol. The van der Waals surface area contributed by atoms with Gasteiger partial charge in [0.15, 0.2) is 11.6 Å². The molecule has 0 saturated carbocycles. The van der Waals surface area contributed by atoms with Crippen LogP contribution in [0.15, 0.2) is 36.4 Å². The molecule has 0 fully saturated rings. The van der Waals surface area contributed by atoms with Gasteiger partial charge in [0.2, 0.25) is 5.88 Å². The van der Waals surface area contributed by atoms with Crippen LogP contribution in [0.3, 0.4) is 0 Å². The molecule has 1 aromatic carbocycles. The number of aromatic nitrogens is 1. The van der Waals surface area contributed by atoms with E-state index in [1.807, 2.05) is 30.3 Å². The molecule has 1 heterocycles. The van der Waals surface area contributed by atoms with E-state index >= 15 is 0 Å². The maximum Gasteiger partial charge on any atom is 0.308 e. The Kier molecular flexibility index (Phi) is 3.23. The van der Waals surface area contributed by atoms with Gasteiger partial charge >= 0.3 is 5.97 Å². The van der Waals surface area contributed by atoms with Crippen molar-refractivity contribution >= 4 is 5.97 Å². The Bertz CT molecular complexity index is 560. The van der Waals surface area contributed by atoms with E-state index in [2.05, 4.69) is 0 Å². The lowest BCUT2D eigenvalue weighted by atomic mass is 10.2. The summed E-state index contributed by atoms with van der Waals surface area (Å²) >= 11 is 0. The fourth-order valence-corrected chi connectivity index (χ4v) is 1.65. The molecule has 2 aromatic rings. The number of nitrogens with zero attached hydrogens (tertiary/aromatic N) is 1. The molecule has 1 aromatic heterocycles. The zero-order chi connectivity index (χ0) is 13.1. The second kappa shape index (κ2) is 4.83. The molecule has 5 nitrogen and oxygen atoms in total. The van der Waals surface area contributed by atoms with Crippen molar-refractivity contribution < 1.29 is 19.7 Å². The Morgan fingerprint density at radius 1 is 1.28 bits per heavy atom. The van der Waals surface area contributed by atoms with Gasteiger partial charge in [0, 0.05) is 13.0 Å². The van der Waals surface area contributed by atoms with Crippen molar-refractivity contribution in [3.8, 4) is 17.5 Å². The Balaban J connectivity index is 2.28. The minimum absolute atomic E-state index is 0.0454. The van der Waals surface area contributed by atoms with Gasteiger partial charge in [-0.25, -0.2) is 0 Å². The molecular formula is C13H13NO4. The molecule has 0 unspecified atom stereocenters. The quantitative estimate of drug-likeness (QED) is 0.812. The van der Waals surface area contributed by atoms with Crippen molar-refractivity contribution in [3.63, 3.8) is 0 Å². The highest BCUT2D eigenvalue weighted by Gasteiger charge is 2.16. The largest absolute Gasteiger partial charge is 0.494 e. The Hall–Kier alpha value is -2.43. The molecule has 0 aliphatic rings. The van der Waals surface area contributed by atoms with Crippen LogP contribution in [0.2, 0.25) is 0 Å². The standard InChI is InChI=1S/C13H13NO4/c1-9(15)18-11-7-12(16)14(13(11)17)8-10-5-3-2-4-6-10/h2-7,16-17H,8H2,1H3. The summed E-state index contributed by atoms with van der Waals surface area (Å²) in [6.45, 7) is 1.52. The van der Waals surface area contributed by atoms with Crippen molar-refractivity contribution in [2.45, 2.75) is 13.5 Å². The van der Waals surface area contributed by atoms with Crippen LogP contribution in [0, 0.1) is 0 Å². The number of hydrogen-bond acceptors (Lipinski definition) is 4. The molecule has 94 valence electrons. The SMILES string of the molecule is CC(=O)Oc1cc(O)n(Cc2ccccc2)c1O. The fraction of sp³-hybridized carbons (Fsp3) is 0.154. The minimum Gasteiger partial charge on any atom is -0.494 e. The minimum atomic E-state index is -0.554. The predicted molar refractivity (Wildman–Crippen MR) is 64.6 cm³/mol. The predicted octanol–water partition coefficient (Wildman–Crippen LogP) is 1.87. The fourth-order valence-electron chi connectivity index (χ4n) is 1.65. The highest BCUT2D eigenvalue weighted by Crippen LogP contribution is 2.35. The maximum absolute atomic E-state index is 10.8. The molecule has 0 atom stereocenters. The number of rotatable bonds is 3. The summed E-state index contributed by atoms with van der Waals surface area (Å²) in [4.78, 5) is 10.8. The molecule has 18 heavy (non-hydrogen) atoms. The third kappa shape index (κ3) is 2.45. The van der Waals surface area contributed by atoms with E-state index in [1.165, 1.54) is 17.6 Å². The van der Waals surface area contributed by atoms with Crippen LogP contribution in [0.4, 0.5) is 0 Å². The number of hydrogen-bond donors (Lipinski definition) is 2.